The van der Waals surface area contributed by atoms with E-state index in [9.17, 15) is 32.7 Å². The topological polar surface area (TPSA) is 95.9 Å². The number of halogens is 3. The van der Waals surface area contributed by atoms with Crippen molar-refractivity contribution in [2.45, 2.75) is 38.0 Å². The van der Waals surface area contributed by atoms with Gasteiger partial charge in [-0.2, -0.15) is 13.2 Å². The Morgan fingerprint density at radius 3 is 2.26 bits per heavy atom. The number of aryl methyl sites for hydroxylation is 1. The van der Waals surface area contributed by atoms with Gasteiger partial charge in [0.15, 0.2) is 0 Å². The lowest BCUT2D eigenvalue weighted by molar-refractivity contribution is -0.147. The molecule has 3 aromatic carbocycles. The van der Waals surface area contributed by atoms with Gasteiger partial charge in [-0.25, -0.2) is 4.90 Å². The van der Waals surface area contributed by atoms with Crippen LogP contribution in [0.1, 0.15) is 36.6 Å². The van der Waals surface area contributed by atoms with Crippen LogP contribution in [0, 0.1) is 11.8 Å². The minimum absolute atomic E-state index is 0.0385. The predicted octanol–water partition coefficient (Wildman–Crippen LogP) is 5.35. The molecular weight excluding hydrogens is 513 g/mol. The van der Waals surface area contributed by atoms with Gasteiger partial charge in [0.05, 0.1) is 23.1 Å². The third-order valence-electron chi connectivity index (χ3n) is 7.45. The molecule has 2 heterocycles. The number of hydrogen-bond donors (Lipinski definition) is 2. The lowest BCUT2D eigenvalue weighted by Crippen LogP contribution is -2.53. The number of carbonyl (C=O) groups is 3. The number of nitrogens with one attached hydrogen (secondary N) is 1. The third-order valence-corrected chi connectivity index (χ3v) is 7.45. The minimum atomic E-state index is -4.54. The third kappa shape index (κ3) is 4.54. The van der Waals surface area contributed by atoms with Gasteiger partial charge in [0.1, 0.15) is 17.0 Å². The Morgan fingerprint density at radius 1 is 1.00 bits per heavy atom. The van der Waals surface area contributed by atoms with E-state index in [4.69, 9.17) is 4.74 Å². The number of carboxylic acids is 1. The molecule has 0 aromatic heterocycles. The van der Waals surface area contributed by atoms with Crippen molar-refractivity contribution in [3.05, 3.63) is 89.5 Å². The molecular formula is C29H25F3N2O5. The van der Waals surface area contributed by atoms with Crippen LogP contribution in [-0.2, 0) is 27.0 Å². The molecule has 4 unspecified atom stereocenters. The second-order valence-corrected chi connectivity index (χ2v) is 9.86. The van der Waals surface area contributed by atoms with E-state index in [1.165, 1.54) is 31.2 Å². The Labute approximate surface area is 222 Å². The number of anilines is 1. The van der Waals surface area contributed by atoms with E-state index in [1.807, 2.05) is 19.1 Å². The number of ether oxygens (including phenoxy) is 1. The molecule has 0 radical (unpaired) electrons. The molecule has 5 rings (SSSR count). The number of benzene rings is 3. The summed E-state index contributed by atoms with van der Waals surface area (Å²) in [5.74, 6) is -4.45. The van der Waals surface area contributed by atoms with Gasteiger partial charge in [-0.05, 0) is 66.9 Å². The Balaban J connectivity index is 1.49. The molecule has 3 aromatic rings. The zero-order valence-corrected chi connectivity index (χ0v) is 21.0. The van der Waals surface area contributed by atoms with Gasteiger partial charge < -0.3 is 9.84 Å². The van der Waals surface area contributed by atoms with Gasteiger partial charge in [-0.15, -0.1) is 0 Å². The molecule has 0 saturated carbocycles. The Hall–Kier alpha value is -4.18. The molecule has 0 bridgehead atoms. The first kappa shape index (κ1) is 26.4. The second kappa shape index (κ2) is 9.53. The molecule has 2 fully saturated rings. The average molecular weight is 539 g/mol. The molecule has 202 valence electrons. The van der Waals surface area contributed by atoms with Crippen LogP contribution in [0.5, 0.6) is 11.5 Å². The van der Waals surface area contributed by atoms with E-state index in [1.54, 1.807) is 24.3 Å². The number of carbonyl (C=O) groups excluding carboxylic acids is 2. The maximum atomic E-state index is 13.7. The fourth-order valence-electron chi connectivity index (χ4n) is 5.40. The van der Waals surface area contributed by atoms with E-state index in [0.29, 0.717) is 11.3 Å². The number of amides is 2. The second-order valence-electron chi connectivity index (χ2n) is 9.86. The van der Waals surface area contributed by atoms with Crippen molar-refractivity contribution in [2.75, 3.05) is 4.90 Å². The van der Waals surface area contributed by atoms with Crippen LogP contribution >= 0.6 is 0 Å². The van der Waals surface area contributed by atoms with E-state index in [0.717, 1.165) is 29.0 Å². The zero-order chi connectivity index (χ0) is 28.1. The lowest BCUT2D eigenvalue weighted by atomic mass is 9.80. The van der Waals surface area contributed by atoms with Crippen molar-refractivity contribution >= 4 is 23.5 Å². The van der Waals surface area contributed by atoms with Crippen molar-refractivity contribution in [2.24, 2.45) is 11.8 Å². The largest absolute Gasteiger partial charge is 0.480 e. The highest BCUT2D eigenvalue weighted by molar-refractivity contribution is 6.24. The van der Waals surface area contributed by atoms with Crippen LogP contribution in [0.3, 0.4) is 0 Å². The maximum Gasteiger partial charge on any atom is 0.416 e. The fraction of sp³-hybridized carbons (Fsp3) is 0.276. The molecule has 10 heteroatoms. The summed E-state index contributed by atoms with van der Waals surface area (Å²) in [5.41, 5.74) is -0.757. The summed E-state index contributed by atoms with van der Waals surface area (Å²) in [6, 6.07) is 16.8. The average Bonchev–Trinajstić information content (AvgIpc) is 3.37. The van der Waals surface area contributed by atoms with E-state index >= 15 is 0 Å². The SMILES string of the molecule is CCc1ccc(N2C(=O)C3C(c4cccc(Oc5cccc(C(F)(F)F)c5)c4)NC(C)(C(=O)O)C3C2=O)cc1. The van der Waals surface area contributed by atoms with Crippen molar-refractivity contribution in [1.29, 1.82) is 0 Å². The van der Waals surface area contributed by atoms with Gasteiger partial charge in [-0.1, -0.05) is 37.3 Å². The minimum Gasteiger partial charge on any atom is -0.480 e. The van der Waals surface area contributed by atoms with E-state index in [2.05, 4.69) is 5.32 Å². The highest BCUT2D eigenvalue weighted by Crippen LogP contribution is 2.50. The first-order chi connectivity index (χ1) is 18.4. The van der Waals surface area contributed by atoms with E-state index < -0.39 is 52.9 Å². The highest BCUT2D eigenvalue weighted by atomic mass is 19.4. The number of hydrogen-bond acceptors (Lipinski definition) is 5. The van der Waals surface area contributed by atoms with Crippen LogP contribution < -0.4 is 15.0 Å². The molecule has 2 saturated heterocycles. The zero-order valence-electron chi connectivity index (χ0n) is 21.0. The van der Waals surface area contributed by atoms with Crippen molar-refractivity contribution in [1.82, 2.24) is 5.32 Å². The maximum absolute atomic E-state index is 13.7. The summed E-state index contributed by atoms with van der Waals surface area (Å²) in [6.45, 7) is 3.36. The Morgan fingerprint density at radius 2 is 1.64 bits per heavy atom. The Kier molecular flexibility index (Phi) is 6.46. The van der Waals surface area contributed by atoms with Crippen LogP contribution in [0.4, 0.5) is 18.9 Å². The molecule has 2 amide bonds. The predicted molar refractivity (Wildman–Crippen MR) is 135 cm³/mol. The molecule has 2 N–H and O–H groups in total. The summed E-state index contributed by atoms with van der Waals surface area (Å²) in [4.78, 5) is 40.7. The number of alkyl halides is 3. The van der Waals surface area contributed by atoms with Crippen LogP contribution in [-0.4, -0.2) is 28.4 Å². The molecule has 7 nitrogen and oxygen atoms in total. The summed E-state index contributed by atoms with van der Waals surface area (Å²) in [7, 11) is 0. The molecule has 0 aliphatic carbocycles. The lowest BCUT2D eigenvalue weighted by Gasteiger charge is -2.27. The summed E-state index contributed by atoms with van der Waals surface area (Å²) < 4.78 is 45.0. The first-order valence-corrected chi connectivity index (χ1v) is 12.4. The fourth-order valence-corrected chi connectivity index (χ4v) is 5.40. The van der Waals surface area contributed by atoms with E-state index in [-0.39, 0.29) is 11.5 Å². The monoisotopic (exact) mass is 538 g/mol. The van der Waals surface area contributed by atoms with Gasteiger partial charge >= 0.3 is 12.1 Å². The van der Waals surface area contributed by atoms with Crippen molar-refractivity contribution in [3.8, 4) is 11.5 Å². The van der Waals surface area contributed by atoms with Gasteiger partial charge in [0.25, 0.3) is 0 Å². The quantitative estimate of drug-likeness (QED) is 0.411. The number of aliphatic carboxylic acids is 1. The van der Waals surface area contributed by atoms with Crippen molar-refractivity contribution in [3.63, 3.8) is 0 Å². The normalized spacial score (nSPS) is 24.6. The van der Waals surface area contributed by atoms with Gasteiger partial charge in [-0.3, -0.25) is 19.7 Å². The molecule has 2 aliphatic heterocycles. The highest BCUT2D eigenvalue weighted by Gasteiger charge is 2.66. The number of nitrogens with zero attached hydrogens (tertiary/aromatic N) is 1. The first-order valence-electron chi connectivity index (χ1n) is 12.4. The van der Waals surface area contributed by atoms with Crippen LogP contribution in [0.2, 0.25) is 0 Å². The van der Waals surface area contributed by atoms with Crippen molar-refractivity contribution < 1.29 is 37.4 Å². The smallest absolute Gasteiger partial charge is 0.416 e. The summed E-state index contributed by atoms with van der Waals surface area (Å²) >= 11 is 0. The molecule has 4 atom stereocenters. The standard InChI is InChI=1S/C29H25F3N2O5/c1-3-16-10-12-19(13-11-16)34-25(35)22-23(26(34)36)28(2,27(37)38)33-24(22)17-6-4-8-20(14-17)39-21-9-5-7-18(15-21)29(30,31)32/h4-15,22-24,33H,3H2,1-2H3,(H,37,38). The number of imide groups is 1. The molecule has 0 spiro atoms. The van der Waals surface area contributed by atoms with Gasteiger partial charge in [0, 0.05) is 6.04 Å². The molecule has 2 aliphatic rings. The Bertz CT molecular complexity index is 1460. The van der Waals surface area contributed by atoms with Gasteiger partial charge in [0.2, 0.25) is 11.8 Å². The van der Waals surface area contributed by atoms with Crippen LogP contribution in [0.15, 0.2) is 72.8 Å². The number of fused-ring (bicyclic) bond motifs is 1. The number of rotatable bonds is 6. The van der Waals surface area contributed by atoms with Crippen LogP contribution in [0.25, 0.3) is 0 Å². The number of carboxylic acid groups (broad SMARTS) is 1. The summed E-state index contributed by atoms with van der Waals surface area (Å²) in [5, 5.41) is 13.1. The summed E-state index contributed by atoms with van der Waals surface area (Å²) in [6.07, 6.45) is -3.77. The molecule has 39 heavy (non-hydrogen) atoms.